The molecule has 20 heavy (non-hydrogen) atoms. The summed E-state index contributed by atoms with van der Waals surface area (Å²) in [5, 5.41) is 0. The SMILES string of the molecule is COc1cc2nc(-c3ccc(F)cc3)oc2cc1OC. The lowest BCUT2D eigenvalue weighted by Gasteiger charge is -2.05. The molecule has 0 saturated carbocycles. The number of hydrogen-bond acceptors (Lipinski definition) is 4. The minimum absolute atomic E-state index is 0.298. The van der Waals surface area contributed by atoms with Crippen molar-refractivity contribution >= 4 is 11.1 Å². The van der Waals surface area contributed by atoms with E-state index in [1.165, 1.54) is 12.1 Å². The van der Waals surface area contributed by atoms with Gasteiger partial charge in [-0.3, -0.25) is 0 Å². The second-order valence-corrected chi connectivity index (χ2v) is 4.20. The predicted molar refractivity (Wildman–Crippen MR) is 72.5 cm³/mol. The zero-order valence-corrected chi connectivity index (χ0v) is 11.0. The highest BCUT2D eigenvalue weighted by Crippen LogP contribution is 2.34. The molecule has 4 nitrogen and oxygen atoms in total. The number of rotatable bonds is 3. The zero-order chi connectivity index (χ0) is 14.1. The first-order chi connectivity index (χ1) is 9.71. The van der Waals surface area contributed by atoms with Crippen LogP contribution in [0.1, 0.15) is 0 Å². The van der Waals surface area contributed by atoms with Crippen molar-refractivity contribution in [1.82, 2.24) is 4.98 Å². The highest BCUT2D eigenvalue weighted by molar-refractivity contribution is 5.80. The number of methoxy groups -OCH3 is 2. The van der Waals surface area contributed by atoms with Crippen LogP contribution in [0.5, 0.6) is 11.5 Å². The maximum absolute atomic E-state index is 12.9. The molecule has 0 amide bonds. The van der Waals surface area contributed by atoms with E-state index >= 15 is 0 Å². The molecule has 0 radical (unpaired) electrons. The van der Waals surface area contributed by atoms with E-state index in [-0.39, 0.29) is 5.82 Å². The van der Waals surface area contributed by atoms with Gasteiger partial charge in [-0.05, 0) is 24.3 Å². The van der Waals surface area contributed by atoms with Gasteiger partial charge in [0.05, 0.1) is 14.2 Å². The average molecular weight is 273 g/mol. The van der Waals surface area contributed by atoms with Crippen LogP contribution >= 0.6 is 0 Å². The number of aromatic nitrogens is 1. The fourth-order valence-corrected chi connectivity index (χ4v) is 1.97. The molecule has 0 fully saturated rings. The molecule has 3 rings (SSSR count). The summed E-state index contributed by atoms with van der Waals surface area (Å²) in [4.78, 5) is 4.37. The van der Waals surface area contributed by atoms with Crippen LogP contribution in [-0.2, 0) is 0 Å². The average Bonchev–Trinajstić information content (AvgIpc) is 2.89. The number of ether oxygens (including phenoxy) is 2. The summed E-state index contributed by atoms with van der Waals surface area (Å²) in [7, 11) is 3.12. The Kier molecular flexibility index (Phi) is 3.02. The number of fused-ring (bicyclic) bond motifs is 1. The molecule has 0 aliphatic rings. The van der Waals surface area contributed by atoms with Crippen molar-refractivity contribution in [2.24, 2.45) is 0 Å². The molecule has 1 aromatic heterocycles. The van der Waals surface area contributed by atoms with E-state index in [0.29, 0.717) is 34.1 Å². The zero-order valence-electron chi connectivity index (χ0n) is 11.0. The molecule has 2 aromatic carbocycles. The first-order valence-corrected chi connectivity index (χ1v) is 6.00. The normalized spacial score (nSPS) is 10.8. The molecule has 0 aliphatic carbocycles. The number of oxazole rings is 1. The molecule has 0 aliphatic heterocycles. The van der Waals surface area contributed by atoms with Gasteiger partial charge in [-0.2, -0.15) is 0 Å². The van der Waals surface area contributed by atoms with Gasteiger partial charge in [-0.25, -0.2) is 9.37 Å². The molecule has 3 aromatic rings. The lowest BCUT2D eigenvalue weighted by molar-refractivity contribution is 0.355. The van der Waals surface area contributed by atoms with Crippen LogP contribution in [0.4, 0.5) is 4.39 Å². The summed E-state index contributed by atoms with van der Waals surface area (Å²) in [6.07, 6.45) is 0. The third kappa shape index (κ3) is 2.07. The molecule has 1 heterocycles. The van der Waals surface area contributed by atoms with Gasteiger partial charge in [0.2, 0.25) is 5.89 Å². The number of halogens is 1. The molecule has 0 spiro atoms. The second-order valence-electron chi connectivity index (χ2n) is 4.20. The van der Waals surface area contributed by atoms with Crippen LogP contribution in [0, 0.1) is 5.82 Å². The molecule has 0 atom stereocenters. The van der Waals surface area contributed by atoms with Crippen LogP contribution in [0.3, 0.4) is 0 Å². The number of benzene rings is 2. The lowest BCUT2D eigenvalue weighted by Crippen LogP contribution is -1.89. The minimum atomic E-state index is -0.298. The van der Waals surface area contributed by atoms with Gasteiger partial charge in [0.15, 0.2) is 17.1 Å². The maximum atomic E-state index is 12.9. The number of hydrogen-bond donors (Lipinski definition) is 0. The Bertz CT molecular complexity index is 709. The summed E-state index contributed by atoms with van der Waals surface area (Å²) in [6, 6.07) is 9.43. The Labute approximate surface area is 114 Å². The topological polar surface area (TPSA) is 44.5 Å². The highest BCUT2D eigenvalue weighted by Gasteiger charge is 2.13. The van der Waals surface area contributed by atoms with Crippen LogP contribution in [0.25, 0.3) is 22.6 Å². The minimum Gasteiger partial charge on any atom is -0.493 e. The van der Waals surface area contributed by atoms with E-state index in [9.17, 15) is 4.39 Å². The number of nitrogens with zero attached hydrogens (tertiary/aromatic N) is 1. The molecule has 0 N–H and O–H groups in total. The summed E-state index contributed by atoms with van der Waals surface area (Å²) in [5.41, 5.74) is 1.95. The van der Waals surface area contributed by atoms with Crippen LogP contribution < -0.4 is 9.47 Å². The molecule has 0 bridgehead atoms. The van der Waals surface area contributed by atoms with E-state index < -0.39 is 0 Å². The van der Waals surface area contributed by atoms with E-state index in [4.69, 9.17) is 13.9 Å². The predicted octanol–water partition coefficient (Wildman–Crippen LogP) is 3.65. The first kappa shape index (κ1) is 12.5. The monoisotopic (exact) mass is 273 g/mol. The van der Waals surface area contributed by atoms with Crippen LogP contribution in [0.2, 0.25) is 0 Å². The van der Waals surface area contributed by atoms with Gasteiger partial charge in [0.25, 0.3) is 0 Å². The largest absolute Gasteiger partial charge is 0.493 e. The van der Waals surface area contributed by atoms with Crippen LogP contribution in [0.15, 0.2) is 40.8 Å². The molecule has 0 saturated heterocycles. The van der Waals surface area contributed by atoms with E-state index in [0.717, 1.165) is 0 Å². The Hall–Kier alpha value is -2.56. The summed E-state index contributed by atoms with van der Waals surface area (Å²) < 4.78 is 29.0. The van der Waals surface area contributed by atoms with Crippen molar-refractivity contribution in [2.75, 3.05) is 14.2 Å². The summed E-state index contributed by atoms with van der Waals surface area (Å²) in [5.74, 6) is 1.28. The summed E-state index contributed by atoms with van der Waals surface area (Å²) >= 11 is 0. The van der Waals surface area contributed by atoms with E-state index in [1.54, 1.807) is 38.5 Å². The first-order valence-electron chi connectivity index (χ1n) is 6.00. The fourth-order valence-electron chi connectivity index (χ4n) is 1.97. The smallest absolute Gasteiger partial charge is 0.227 e. The highest BCUT2D eigenvalue weighted by atomic mass is 19.1. The quantitative estimate of drug-likeness (QED) is 0.730. The lowest BCUT2D eigenvalue weighted by atomic mass is 10.2. The van der Waals surface area contributed by atoms with Gasteiger partial charge in [-0.1, -0.05) is 0 Å². The standard InChI is InChI=1S/C15H12FNO3/c1-18-13-7-11-12(8-14(13)19-2)20-15(17-11)9-3-5-10(16)6-4-9/h3-8H,1-2H3. The van der Waals surface area contributed by atoms with Crippen molar-refractivity contribution in [3.8, 4) is 23.0 Å². The third-order valence-electron chi connectivity index (χ3n) is 2.98. The Morgan fingerprint density at radius 1 is 1.00 bits per heavy atom. The molecular formula is C15H12FNO3. The van der Waals surface area contributed by atoms with Crippen molar-refractivity contribution in [3.05, 3.63) is 42.2 Å². The Balaban J connectivity index is 2.12. The Morgan fingerprint density at radius 3 is 2.30 bits per heavy atom. The van der Waals surface area contributed by atoms with Gasteiger partial charge in [0, 0.05) is 17.7 Å². The van der Waals surface area contributed by atoms with E-state index in [2.05, 4.69) is 4.98 Å². The Morgan fingerprint density at radius 2 is 1.65 bits per heavy atom. The summed E-state index contributed by atoms with van der Waals surface area (Å²) in [6.45, 7) is 0. The van der Waals surface area contributed by atoms with Crippen LogP contribution in [-0.4, -0.2) is 19.2 Å². The van der Waals surface area contributed by atoms with E-state index in [1.807, 2.05) is 0 Å². The van der Waals surface area contributed by atoms with Crippen molar-refractivity contribution < 1.29 is 18.3 Å². The molecule has 0 unspecified atom stereocenters. The second kappa shape index (κ2) is 4.85. The van der Waals surface area contributed by atoms with Crippen molar-refractivity contribution in [1.29, 1.82) is 0 Å². The molecule has 102 valence electrons. The van der Waals surface area contributed by atoms with Crippen molar-refractivity contribution in [2.45, 2.75) is 0 Å². The third-order valence-corrected chi connectivity index (χ3v) is 2.98. The van der Waals surface area contributed by atoms with Gasteiger partial charge in [0.1, 0.15) is 11.3 Å². The maximum Gasteiger partial charge on any atom is 0.227 e. The van der Waals surface area contributed by atoms with Crippen molar-refractivity contribution in [3.63, 3.8) is 0 Å². The van der Waals surface area contributed by atoms with Gasteiger partial charge < -0.3 is 13.9 Å². The molecule has 5 heteroatoms. The van der Waals surface area contributed by atoms with Gasteiger partial charge in [-0.15, -0.1) is 0 Å². The fraction of sp³-hybridized carbons (Fsp3) is 0.133. The van der Waals surface area contributed by atoms with Gasteiger partial charge >= 0.3 is 0 Å². The molecular weight excluding hydrogens is 261 g/mol.